The first-order valence-electron chi connectivity index (χ1n) is 7.85. The molecule has 8 heteroatoms. The van der Waals surface area contributed by atoms with Crippen LogP contribution in [0.3, 0.4) is 0 Å². The van der Waals surface area contributed by atoms with Crippen LogP contribution in [-0.2, 0) is 10.0 Å². The van der Waals surface area contributed by atoms with Crippen molar-refractivity contribution in [2.24, 2.45) is 0 Å². The highest BCUT2D eigenvalue weighted by Gasteiger charge is 2.25. The summed E-state index contributed by atoms with van der Waals surface area (Å²) in [5.74, 6) is 0.262. The molecule has 0 saturated heterocycles. The highest BCUT2D eigenvalue weighted by atomic mass is 35.5. The van der Waals surface area contributed by atoms with E-state index in [0.29, 0.717) is 35.8 Å². The lowest BCUT2D eigenvalue weighted by Gasteiger charge is -2.28. The largest absolute Gasteiger partial charge is 0.491 e. The molecule has 1 aromatic rings. The number of carbonyl (C=O) groups excluding carboxylic acids is 1. The fourth-order valence-corrected chi connectivity index (χ4v) is 4.07. The predicted molar refractivity (Wildman–Crippen MR) is 94.2 cm³/mol. The fraction of sp³-hybridized carbons (Fsp3) is 0.562. The summed E-state index contributed by atoms with van der Waals surface area (Å²) in [6.07, 6.45) is 2.61. The maximum absolute atomic E-state index is 12.6. The molecule has 0 radical (unpaired) electrons. The van der Waals surface area contributed by atoms with Crippen LogP contribution in [0.2, 0.25) is 5.02 Å². The summed E-state index contributed by atoms with van der Waals surface area (Å²) >= 11 is 6.01. The van der Waals surface area contributed by atoms with Crippen molar-refractivity contribution in [1.29, 1.82) is 0 Å². The molecule has 0 aromatic heterocycles. The minimum atomic E-state index is -3.32. The molecule has 0 spiro atoms. The Hall–Kier alpha value is -1.31. The minimum Gasteiger partial charge on any atom is -0.491 e. The summed E-state index contributed by atoms with van der Waals surface area (Å²) in [6.45, 7) is 2.92. The molecule has 134 valence electrons. The van der Waals surface area contributed by atoms with E-state index in [1.807, 2.05) is 0 Å². The Morgan fingerprint density at radius 2 is 1.92 bits per heavy atom. The van der Waals surface area contributed by atoms with Gasteiger partial charge in [0.05, 0.1) is 17.9 Å². The Morgan fingerprint density at radius 1 is 1.25 bits per heavy atom. The van der Waals surface area contributed by atoms with Gasteiger partial charge in [-0.3, -0.25) is 4.79 Å². The van der Waals surface area contributed by atoms with E-state index in [4.69, 9.17) is 16.3 Å². The number of sulfonamides is 1. The van der Waals surface area contributed by atoms with Gasteiger partial charge in [-0.05, 0) is 38.0 Å². The number of benzene rings is 1. The molecule has 1 amide bonds. The fourth-order valence-electron chi connectivity index (χ4n) is 2.73. The number of hydrogen-bond donors (Lipinski definition) is 0. The third-order valence-electron chi connectivity index (χ3n) is 4.04. The first kappa shape index (κ1) is 19.0. The van der Waals surface area contributed by atoms with Crippen molar-refractivity contribution >= 4 is 27.5 Å². The number of hydrogen-bond acceptors (Lipinski definition) is 4. The molecule has 1 aromatic carbocycles. The van der Waals surface area contributed by atoms with Crippen molar-refractivity contribution in [3.63, 3.8) is 0 Å². The van der Waals surface area contributed by atoms with Crippen molar-refractivity contribution in [2.45, 2.75) is 25.8 Å². The predicted octanol–water partition coefficient (Wildman–Crippen LogP) is 2.23. The van der Waals surface area contributed by atoms with E-state index >= 15 is 0 Å². The number of ether oxygens (including phenoxy) is 1. The zero-order valence-corrected chi connectivity index (χ0v) is 15.7. The lowest BCUT2D eigenvalue weighted by Crippen LogP contribution is -2.42. The smallest absolute Gasteiger partial charge is 0.257 e. The zero-order chi connectivity index (χ0) is 17.9. The van der Waals surface area contributed by atoms with Gasteiger partial charge in [0.1, 0.15) is 12.4 Å². The van der Waals surface area contributed by atoms with Gasteiger partial charge in [0.2, 0.25) is 10.0 Å². The summed E-state index contributed by atoms with van der Waals surface area (Å²) in [6, 6.07) is 4.56. The summed E-state index contributed by atoms with van der Waals surface area (Å²) in [5.41, 5.74) is 0.392. The quantitative estimate of drug-likeness (QED) is 0.756. The second-order valence-electron chi connectivity index (χ2n) is 6.11. The molecule has 1 atom stereocenters. The highest BCUT2D eigenvalue weighted by Crippen LogP contribution is 2.25. The highest BCUT2D eigenvalue weighted by molar-refractivity contribution is 7.88. The van der Waals surface area contributed by atoms with Crippen LogP contribution in [-0.4, -0.2) is 62.6 Å². The zero-order valence-electron chi connectivity index (χ0n) is 14.2. The molecule has 6 nitrogen and oxygen atoms in total. The number of halogens is 1. The maximum Gasteiger partial charge on any atom is 0.257 e. The Bertz CT molecular complexity index is 708. The van der Waals surface area contributed by atoms with Gasteiger partial charge in [-0.15, -0.1) is 0 Å². The van der Waals surface area contributed by atoms with Crippen LogP contribution in [0.1, 0.15) is 30.1 Å². The topological polar surface area (TPSA) is 66.9 Å². The van der Waals surface area contributed by atoms with Crippen LogP contribution in [0.4, 0.5) is 0 Å². The van der Waals surface area contributed by atoms with Gasteiger partial charge in [-0.2, -0.15) is 4.31 Å². The first-order chi connectivity index (χ1) is 11.2. The Labute approximate surface area is 148 Å². The van der Waals surface area contributed by atoms with E-state index in [1.165, 1.54) is 10.6 Å². The normalized spacial score (nSPS) is 21.4. The molecule has 2 rings (SSSR count). The van der Waals surface area contributed by atoms with Gasteiger partial charge in [-0.25, -0.2) is 8.42 Å². The number of nitrogens with zero attached hydrogens (tertiary/aromatic N) is 2. The van der Waals surface area contributed by atoms with E-state index in [0.717, 1.165) is 6.42 Å². The molecule has 1 heterocycles. The van der Waals surface area contributed by atoms with Crippen LogP contribution in [0, 0.1) is 0 Å². The average molecular weight is 375 g/mol. The van der Waals surface area contributed by atoms with E-state index in [2.05, 4.69) is 0 Å². The summed E-state index contributed by atoms with van der Waals surface area (Å²) in [4.78, 5) is 14.2. The van der Waals surface area contributed by atoms with Crippen molar-refractivity contribution in [3.8, 4) is 5.75 Å². The third kappa shape index (κ3) is 4.62. The van der Waals surface area contributed by atoms with Crippen LogP contribution in [0.25, 0.3) is 0 Å². The molecule has 0 bridgehead atoms. The van der Waals surface area contributed by atoms with Gasteiger partial charge in [0.25, 0.3) is 5.91 Å². The summed E-state index contributed by atoms with van der Waals surface area (Å²) in [7, 11) is -1.60. The monoisotopic (exact) mass is 374 g/mol. The number of amides is 1. The van der Waals surface area contributed by atoms with Crippen molar-refractivity contribution in [2.75, 3.05) is 33.0 Å². The van der Waals surface area contributed by atoms with Gasteiger partial charge in [0, 0.05) is 25.2 Å². The first-order valence-corrected chi connectivity index (χ1v) is 10.1. The average Bonchev–Trinajstić information content (AvgIpc) is 2.50. The van der Waals surface area contributed by atoms with Crippen molar-refractivity contribution < 1.29 is 17.9 Å². The van der Waals surface area contributed by atoms with E-state index in [9.17, 15) is 13.2 Å². The van der Waals surface area contributed by atoms with Gasteiger partial charge >= 0.3 is 0 Å². The maximum atomic E-state index is 12.6. The Kier molecular flexibility index (Phi) is 6.11. The molecular weight excluding hydrogens is 352 g/mol. The number of rotatable bonds is 1. The molecule has 0 N–H and O–H groups in total. The van der Waals surface area contributed by atoms with Crippen LogP contribution >= 0.6 is 11.6 Å². The molecular formula is C16H23ClN2O4S. The van der Waals surface area contributed by atoms with E-state index in [1.54, 1.807) is 37.1 Å². The second kappa shape index (κ2) is 7.72. The minimum absolute atomic E-state index is 0.152. The Balaban J connectivity index is 2.35. The van der Waals surface area contributed by atoms with Crippen LogP contribution in [0.15, 0.2) is 18.2 Å². The molecule has 0 aliphatic carbocycles. The Morgan fingerprint density at radius 3 is 2.58 bits per heavy atom. The number of carbonyl (C=O) groups is 1. The summed E-state index contributed by atoms with van der Waals surface area (Å²) in [5, 5.41) is 0.456. The lowest BCUT2D eigenvalue weighted by atomic mass is 10.1. The summed E-state index contributed by atoms with van der Waals surface area (Å²) < 4.78 is 31.2. The molecule has 0 unspecified atom stereocenters. The standard InChI is InChI=1S/C16H23ClN2O4S/c1-12-11-23-15-7-6-13(17)10-14(15)16(20)18(2)8-4-5-9-19(12)24(3,21)22/h6-7,10,12H,4-5,8-9,11H2,1-3H3/t12-/m1/s1. The molecule has 1 aliphatic rings. The van der Waals surface area contributed by atoms with Crippen LogP contribution < -0.4 is 4.74 Å². The van der Waals surface area contributed by atoms with Crippen molar-refractivity contribution in [3.05, 3.63) is 28.8 Å². The molecule has 24 heavy (non-hydrogen) atoms. The molecule has 0 fully saturated rings. The third-order valence-corrected chi connectivity index (χ3v) is 5.67. The van der Waals surface area contributed by atoms with E-state index in [-0.39, 0.29) is 18.6 Å². The number of fused-ring (bicyclic) bond motifs is 1. The SMILES string of the molecule is C[C@@H]1COc2ccc(Cl)cc2C(=O)N(C)CCCCN1S(C)(=O)=O. The van der Waals surface area contributed by atoms with Gasteiger partial charge in [0.15, 0.2) is 0 Å². The molecule has 1 aliphatic heterocycles. The van der Waals surface area contributed by atoms with E-state index < -0.39 is 10.0 Å². The van der Waals surface area contributed by atoms with Crippen molar-refractivity contribution in [1.82, 2.24) is 9.21 Å². The molecule has 0 saturated carbocycles. The van der Waals surface area contributed by atoms with Crippen LogP contribution in [0.5, 0.6) is 5.75 Å². The van der Waals surface area contributed by atoms with Gasteiger partial charge < -0.3 is 9.64 Å². The lowest BCUT2D eigenvalue weighted by molar-refractivity contribution is 0.0782. The van der Waals surface area contributed by atoms with Gasteiger partial charge in [-0.1, -0.05) is 11.6 Å². The second-order valence-corrected chi connectivity index (χ2v) is 8.48.